The summed E-state index contributed by atoms with van der Waals surface area (Å²) in [6.45, 7) is 2.97. The van der Waals surface area contributed by atoms with Crippen molar-refractivity contribution in [1.82, 2.24) is 4.90 Å². The quantitative estimate of drug-likeness (QED) is 0.766. The second kappa shape index (κ2) is 7.94. The van der Waals surface area contributed by atoms with Gasteiger partial charge in [0.1, 0.15) is 5.75 Å². The number of carbonyl (C=O) groups excluding carboxylic acids is 1. The Balaban J connectivity index is 1.46. The van der Waals surface area contributed by atoms with Crippen LogP contribution in [0.5, 0.6) is 5.75 Å². The Morgan fingerprint density at radius 2 is 1.59 bits per heavy atom. The van der Waals surface area contributed by atoms with Crippen LogP contribution in [-0.2, 0) is 14.8 Å². The van der Waals surface area contributed by atoms with Crippen molar-refractivity contribution in [2.24, 2.45) is 0 Å². The summed E-state index contributed by atoms with van der Waals surface area (Å²) in [4.78, 5) is 17.2. The third kappa shape index (κ3) is 4.17. The Morgan fingerprint density at radius 3 is 2.28 bits per heavy atom. The number of carbonyl (C=O) groups is 1. The molecule has 154 valence electrons. The lowest BCUT2D eigenvalue weighted by Crippen LogP contribution is -2.52. The smallest absolute Gasteiger partial charge is 0.263 e. The molecule has 0 saturated carbocycles. The van der Waals surface area contributed by atoms with E-state index in [1.807, 2.05) is 23.1 Å². The van der Waals surface area contributed by atoms with Crippen molar-refractivity contribution in [3.63, 3.8) is 0 Å². The molecule has 7 nitrogen and oxygen atoms in total. The molecule has 4 rings (SSSR count). The zero-order chi connectivity index (χ0) is 20.4. The minimum Gasteiger partial charge on any atom is -0.478 e. The van der Waals surface area contributed by atoms with E-state index < -0.39 is 16.1 Å². The molecule has 0 N–H and O–H groups in total. The summed E-state index contributed by atoms with van der Waals surface area (Å²) in [6.07, 6.45) is 0.806. The zero-order valence-corrected chi connectivity index (χ0v) is 17.2. The molecular formula is C21H25N3O4S. The van der Waals surface area contributed by atoms with Crippen LogP contribution in [-0.4, -0.2) is 64.3 Å². The number of benzene rings is 2. The van der Waals surface area contributed by atoms with Gasteiger partial charge in [-0.1, -0.05) is 30.3 Å². The van der Waals surface area contributed by atoms with Crippen LogP contribution in [0.3, 0.4) is 0 Å². The highest BCUT2D eigenvalue weighted by Gasteiger charge is 2.34. The van der Waals surface area contributed by atoms with Crippen LogP contribution in [0.1, 0.15) is 6.42 Å². The van der Waals surface area contributed by atoms with Crippen molar-refractivity contribution < 1.29 is 17.9 Å². The molecule has 1 atom stereocenters. The molecule has 2 heterocycles. The summed E-state index contributed by atoms with van der Waals surface area (Å²) in [6, 6.07) is 17.1. The zero-order valence-electron chi connectivity index (χ0n) is 16.4. The summed E-state index contributed by atoms with van der Waals surface area (Å²) in [5.41, 5.74) is 1.64. The van der Waals surface area contributed by atoms with Gasteiger partial charge in [-0.3, -0.25) is 9.10 Å². The molecule has 0 spiro atoms. The van der Waals surface area contributed by atoms with Crippen LogP contribution >= 0.6 is 0 Å². The Bertz CT molecular complexity index is 972. The second-order valence-corrected chi connectivity index (χ2v) is 9.25. The van der Waals surface area contributed by atoms with Gasteiger partial charge in [0.05, 0.1) is 11.9 Å². The Kier molecular flexibility index (Phi) is 5.36. The van der Waals surface area contributed by atoms with Gasteiger partial charge in [-0.2, -0.15) is 0 Å². The number of ether oxygens (including phenoxy) is 1. The van der Waals surface area contributed by atoms with Crippen LogP contribution in [0.4, 0.5) is 11.4 Å². The predicted octanol–water partition coefficient (Wildman–Crippen LogP) is 1.95. The molecule has 2 aliphatic heterocycles. The highest BCUT2D eigenvalue weighted by atomic mass is 32.2. The lowest BCUT2D eigenvalue weighted by atomic mass is 10.2. The van der Waals surface area contributed by atoms with Crippen LogP contribution in [0.25, 0.3) is 0 Å². The Labute approximate surface area is 171 Å². The van der Waals surface area contributed by atoms with Gasteiger partial charge in [0.25, 0.3) is 5.91 Å². The van der Waals surface area contributed by atoms with Gasteiger partial charge in [-0.15, -0.1) is 0 Å². The average molecular weight is 416 g/mol. The third-order valence-corrected chi connectivity index (χ3v) is 6.57. The number of amides is 1. The minimum absolute atomic E-state index is 0.0807. The van der Waals surface area contributed by atoms with Gasteiger partial charge in [-0.05, 0) is 24.3 Å². The first-order valence-electron chi connectivity index (χ1n) is 9.76. The van der Waals surface area contributed by atoms with Gasteiger partial charge in [0, 0.05) is 44.8 Å². The molecule has 29 heavy (non-hydrogen) atoms. The number of para-hydroxylation sites is 3. The molecule has 1 saturated heterocycles. The van der Waals surface area contributed by atoms with E-state index in [0.29, 0.717) is 30.9 Å². The average Bonchev–Trinajstić information content (AvgIpc) is 2.94. The first kappa shape index (κ1) is 19.6. The lowest BCUT2D eigenvalue weighted by Gasteiger charge is -2.37. The van der Waals surface area contributed by atoms with E-state index in [9.17, 15) is 13.2 Å². The van der Waals surface area contributed by atoms with Crippen molar-refractivity contribution in [1.29, 1.82) is 0 Å². The van der Waals surface area contributed by atoms with Crippen LogP contribution in [0.2, 0.25) is 0 Å². The Hall–Kier alpha value is -2.74. The van der Waals surface area contributed by atoms with Crippen molar-refractivity contribution in [3.05, 3.63) is 54.6 Å². The van der Waals surface area contributed by atoms with E-state index in [0.717, 1.165) is 18.8 Å². The lowest BCUT2D eigenvalue weighted by molar-refractivity contribution is -0.139. The summed E-state index contributed by atoms with van der Waals surface area (Å²) in [5, 5.41) is 0. The molecule has 2 aromatic rings. The van der Waals surface area contributed by atoms with Gasteiger partial charge >= 0.3 is 0 Å². The fraction of sp³-hybridized carbons (Fsp3) is 0.381. The molecule has 0 radical (unpaired) electrons. The monoisotopic (exact) mass is 415 g/mol. The molecule has 1 unspecified atom stereocenters. The number of nitrogens with zero attached hydrogens (tertiary/aromatic N) is 3. The van der Waals surface area contributed by atoms with E-state index >= 15 is 0 Å². The number of anilines is 2. The SMILES string of the molecule is CS(=O)(=O)N1CCC(C(=O)N2CCN(c3ccccc3)CC2)Oc2ccccc21. The molecule has 0 aliphatic carbocycles. The molecule has 0 aromatic heterocycles. The van der Waals surface area contributed by atoms with E-state index in [4.69, 9.17) is 4.74 Å². The molecular weight excluding hydrogens is 390 g/mol. The summed E-state index contributed by atoms with van der Waals surface area (Å²) < 4.78 is 31.8. The molecule has 2 aliphatic rings. The summed E-state index contributed by atoms with van der Waals surface area (Å²) >= 11 is 0. The minimum atomic E-state index is -3.45. The normalized spacial score (nSPS) is 19.9. The largest absolute Gasteiger partial charge is 0.478 e. The number of hydrogen-bond donors (Lipinski definition) is 0. The van der Waals surface area contributed by atoms with E-state index in [-0.39, 0.29) is 12.5 Å². The van der Waals surface area contributed by atoms with Crippen molar-refractivity contribution in [2.75, 3.05) is 48.2 Å². The maximum Gasteiger partial charge on any atom is 0.263 e. The number of sulfonamides is 1. The number of fused-ring (bicyclic) bond motifs is 1. The van der Waals surface area contributed by atoms with Crippen molar-refractivity contribution >= 4 is 27.3 Å². The summed E-state index contributed by atoms with van der Waals surface area (Å²) in [7, 11) is -3.45. The van der Waals surface area contributed by atoms with E-state index in [1.54, 1.807) is 24.3 Å². The van der Waals surface area contributed by atoms with E-state index in [1.165, 1.54) is 10.6 Å². The number of rotatable bonds is 3. The van der Waals surface area contributed by atoms with Crippen molar-refractivity contribution in [3.8, 4) is 5.75 Å². The number of piperazine rings is 1. The van der Waals surface area contributed by atoms with Gasteiger partial charge in [0.15, 0.2) is 6.10 Å². The van der Waals surface area contributed by atoms with Crippen LogP contribution in [0.15, 0.2) is 54.6 Å². The predicted molar refractivity (Wildman–Crippen MR) is 113 cm³/mol. The first-order valence-corrected chi connectivity index (χ1v) is 11.6. The first-order chi connectivity index (χ1) is 13.9. The molecule has 1 amide bonds. The van der Waals surface area contributed by atoms with Crippen LogP contribution < -0.4 is 13.9 Å². The summed E-state index contributed by atoms with van der Waals surface area (Å²) in [5.74, 6) is 0.347. The van der Waals surface area contributed by atoms with Gasteiger partial charge in [0.2, 0.25) is 10.0 Å². The maximum absolute atomic E-state index is 13.1. The van der Waals surface area contributed by atoms with E-state index in [2.05, 4.69) is 17.0 Å². The maximum atomic E-state index is 13.1. The third-order valence-electron chi connectivity index (χ3n) is 5.39. The topological polar surface area (TPSA) is 70.2 Å². The number of hydrogen-bond acceptors (Lipinski definition) is 5. The fourth-order valence-electron chi connectivity index (χ4n) is 3.88. The van der Waals surface area contributed by atoms with Crippen LogP contribution in [0, 0.1) is 0 Å². The van der Waals surface area contributed by atoms with Gasteiger partial charge in [-0.25, -0.2) is 8.42 Å². The Morgan fingerprint density at radius 1 is 0.931 bits per heavy atom. The molecule has 0 bridgehead atoms. The molecule has 2 aromatic carbocycles. The molecule has 8 heteroatoms. The van der Waals surface area contributed by atoms with Crippen molar-refractivity contribution in [2.45, 2.75) is 12.5 Å². The van der Waals surface area contributed by atoms with Gasteiger partial charge < -0.3 is 14.5 Å². The second-order valence-electron chi connectivity index (χ2n) is 7.35. The highest BCUT2D eigenvalue weighted by Crippen LogP contribution is 2.34. The fourth-order valence-corrected chi connectivity index (χ4v) is 4.82. The standard InChI is InChI=1S/C21H25N3O4S/c1-29(26,27)24-12-11-20(28-19-10-6-5-9-18(19)24)21(25)23-15-13-22(14-16-23)17-7-3-2-4-8-17/h2-10,20H,11-16H2,1H3. The molecule has 1 fully saturated rings. The highest BCUT2D eigenvalue weighted by molar-refractivity contribution is 7.92.